The zero-order chi connectivity index (χ0) is 14.7. The normalized spacial score (nSPS) is 20.8. The van der Waals surface area contributed by atoms with Crippen molar-refractivity contribution >= 4 is 29.4 Å². The average Bonchev–Trinajstić information content (AvgIpc) is 2.74. The minimum absolute atomic E-state index is 0.363. The fourth-order valence-corrected chi connectivity index (χ4v) is 2.28. The van der Waals surface area contributed by atoms with Gasteiger partial charge in [0.2, 0.25) is 0 Å². The predicted molar refractivity (Wildman–Crippen MR) is 78.6 cm³/mol. The zero-order valence-corrected chi connectivity index (χ0v) is 12.5. The van der Waals surface area contributed by atoms with E-state index in [1.807, 2.05) is 40.8 Å². The summed E-state index contributed by atoms with van der Waals surface area (Å²) in [5.41, 5.74) is 7.53. The number of nitrogens with two attached hydrogens (primary N) is 1. The number of aryl methyl sites for hydroxylation is 1. The van der Waals surface area contributed by atoms with E-state index in [9.17, 15) is 0 Å². The Bertz CT molecular complexity index is 664. The van der Waals surface area contributed by atoms with Crippen LogP contribution in [0.25, 0.3) is 11.0 Å². The molecule has 1 fully saturated rings. The Morgan fingerprint density at radius 2 is 1.80 bits per heavy atom. The molecule has 20 heavy (non-hydrogen) atoms. The van der Waals surface area contributed by atoms with Crippen LogP contribution < -0.4 is 11.2 Å². The summed E-state index contributed by atoms with van der Waals surface area (Å²) in [4.78, 5) is 4.37. The molecular weight excluding hydrogens is 255 g/mol. The van der Waals surface area contributed by atoms with Crippen LogP contribution in [0.4, 0.5) is 5.82 Å². The summed E-state index contributed by atoms with van der Waals surface area (Å²) >= 11 is 0. The summed E-state index contributed by atoms with van der Waals surface area (Å²) < 4.78 is 13.8. The molecule has 0 spiro atoms. The van der Waals surface area contributed by atoms with Crippen molar-refractivity contribution in [2.24, 2.45) is 7.05 Å². The molecule has 2 aromatic heterocycles. The third-order valence-corrected chi connectivity index (χ3v) is 4.26. The number of fused-ring (bicyclic) bond motifs is 1. The number of anilines is 1. The van der Waals surface area contributed by atoms with Gasteiger partial charge in [0.05, 0.1) is 16.7 Å². The summed E-state index contributed by atoms with van der Waals surface area (Å²) in [6, 6.07) is 1.97. The van der Waals surface area contributed by atoms with Gasteiger partial charge in [0.25, 0.3) is 0 Å². The second-order valence-electron chi connectivity index (χ2n) is 6.23. The van der Waals surface area contributed by atoms with Crippen molar-refractivity contribution in [2.45, 2.75) is 38.9 Å². The highest BCUT2D eigenvalue weighted by Gasteiger charge is 2.51. The van der Waals surface area contributed by atoms with Gasteiger partial charge in [-0.25, -0.2) is 0 Å². The number of pyridine rings is 1. The zero-order valence-electron chi connectivity index (χ0n) is 12.5. The van der Waals surface area contributed by atoms with Gasteiger partial charge in [-0.2, -0.15) is 5.10 Å². The number of hydrogen-bond donors (Lipinski definition) is 1. The second kappa shape index (κ2) is 3.96. The highest BCUT2D eigenvalue weighted by Crippen LogP contribution is 2.36. The highest BCUT2D eigenvalue weighted by molar-refractivity contribution is 6.62. The first-order valence-electron chi connectivity index (χ1n) is 6.65. The number of rotatable bonds is 1. The fraction of sp³-hybridized carbons (Fsp3) is 0.538. The van der Waals surface area contributed by atoms with E-state index in [-0.39, 0.29) is 11.2 Å². The van der Waals surface area contributed by atoms with Crippen LogP contribution in [0.3, 0.4) is 0 Å². The van der Waals surface area contributed by atoms with Crippen LogP contribution in [0.15, 0.2) is 12.3 Å². The van der Waals surface area contributed by atoms with Crippen LogP contribution in [-0.4, -0.2) is 33.1 Å². The monoisotopic (exact) mass is 274 g/mol. The molecule has 106 valence electrons. The number of aromatic nitrogens is 3. The lowest BCUT2D eigenvalue weighted by atomic mass is 9.80. The van der Waals surface area contributed by atoms with Gasteiger partial charge in [-0.1, -0.05) is 0 Å². The van der Waals surface area contributed by atoms with Gasteiger partial charge in [-0.3, -0.25) is 9.67 Å². The molecule has 0 aromatic carbocycles. The molecule has 3 heterocycles. The predicted octanol–water partition coefficient (Wildman–Crippen LogP) is 0.850. The summed E-state index contributed by atoms with van der Waals surface area (Å²) in [5.74, 6) is 0.433. The maximum Gasteiger partial charge on any atom is 0.496 e. The lowest BCUT2D eigenvalue weighted by Crippen LogP contribution is -2.41. The maximum atomic E-state index is 6.02. The Kier molecular flexibility index (Phi) is 2.65. The topological polar surface area (TPSA) is 75.2 Å². The second-order valence-corrected chi connectivity index (χ2v) is 6.23. The molecule has 0 aliphatic carbocycles. The van der Waals surface area contributed by atoms with Crippen molar-refractivity contribution in [3.63, 3.8) is 0 Å². The molecule has 7 heteroatoms. The molecule has 2 aromatic rings. The van der Waals surface area contributed by atoms with Gasteiger partial charge < -0.3 is 15.0 Å². The van der Waals surface area contributed by atoms with Gasteiger partial charge in [0, 0.05) is 18.7 Å². The standard InChI is InChI=1S/C13H19BN4O2/c1-12(2)13(3,4)20-14(19-12)8-6-9-10(16-7-8)11(15)17-18(9)5/h6-7H,1-5H3,(H2,15,17). The smallest absolute Gasteiger partial charge is 0.399 e. The van der Waals surface area contributed by atoms with Crippen LogP contribution in [0.1, 0.15) is 27.7 Å². The van der Waals surface area contributed by atoms with E-state index in [1.54, 1.807) is 10.9 Å². The quantitative estimate of drug-likeness (QED) is 0.780. The lowest BCUT2D eigenvalue weighted by molar-refractivity contribution is 0.00578. The molecule has 1 aliphatic rings. The average molecular weight is 274 g/mol. The molecule has 0 saturated carbocycles. The van der Waals surface area contributed by atoms with Gasteiger partial charge in [0.1, 0.15) is 5.52 Å². The van der Waals surface area contributed by atoms with Crippen LogP contribution >= 0.6 is 0 Å². The van der Waals surface area contributed by atoms with Crippen LogP contribution in [0.5, 0.6) is 0 Å². The SMILES string of the molecule is Cn1nc(N)c2ncc(B3OC(C)(C)C(C)(C)O3)cc21. The molecule has 1 aliphatic heterocycles. The summed E-state index contributed by atoms with van der Waals surface area (Å²) in [7, 11) is 1.42. The molecule has 0 bridgehead atoms. The van der Waals surface area contributed by atoms with Crippen molar-refractivity contribution in [2.75, 3.05) is 5.73 Å². The third kappa shape index (κ3) is 1.81. The van der Waals surface area contributed by atoms with Crippen molar-refractivity contribution in [3.8, 4) is 0 Å². The largest absolute Gasteiger partial charge is 0.496 e. The highest BCUT2D eigenvalue weighted by atomic mass is 16.7. The molecule has 1 saturated heterocycles. The van der Waals surface area contributed by atoms with Gasteiger partial charge in [0.15, 0.2) is 5.82 Å². The van der Waals surface area contributed by atoms with Gasteiger partial charge in [-0.05, 0) is 33.8 Å². The van der Waals surface area contributed by atoms with Gasteiger partial charge in [-0.15, -0.1) is 0 Å². The first kappa shape index (κ1) is 13.4. The number of nitrogens with zero attached hydrogens (tertiary/aromatic N) is 3. The van der Waals surface area contributed by atoms with E-state index in [0.717, 1.165) is 11.0 Å². The minimum atomic E-state index is -0.423. The van der Waals surface area contributed by atoms with Crippen LogP contribution in [0, 0.1) is 0 Å². The van der Waals surface area contributed by atoms with Crippen LogP contribution in [-0.2, 0) is 16.4 Å². The summed E-state index contributed by atoms with van der Waals surface area (Å²) in [6.45, 7) is 8.12. The molecule has 6 nitrogen and oxygen atoms in total. The Balaban J connectivity index is 2.02. The van der Waals surface area contributed by atoms with E-state index in [2.05, 4.69) is 10.1 Å². The Morgan fingerprint density at radius 3 is 2.40 bits per heavy atom. The summed E-state index contributed by atoms with van der Waals surface area (Å²) in [5, 5.41) is 4.17. The number of hydrogen-bond acceptors (Lipinski definition) is 5. The van der Waals surface area contributed by atoms with Crippen molar-refractivity contribution in [1.29, 1.82) is 0 Å². The van der Waals surface area contributed by atoms with E-state index >= 15 is 0 Å². The first-order chi connectivity index (χ1) is 9.21. The molecule has 0 atom stereocenters. The Labute approximate surface area is 118 Å². The van der Waals surface area contributed by atoms with E-state index in [1.165, 1.54) is 0 Å². The minimum Gasteiger partial charge on any atom is -0.399 e. The van der Waals surface area contributed by atoms with Crippen molar-refractivity contribution in [3.05, 3.63) is 12.3 Å². The fourth-order valence-electron chi connectivity index (χ4n) is 2.28. The molecule has 2 N–H and O–H groups in total. The molecule has 0 radical (unpaired) electrons. The van der Waals surface area contributed by atoms with E-state index in [4.69, 9.17) is 15.0 Å². The Hall–Kier alpha value is -1.60. The summed E-state index contributed by atoms with van der Waals surface area (Å²) in [6.07, 6.45) is 1.74. The van der Waals surface area contributed by atoms with Crippen molar-refractivity contribution < 1.29 is 9.31 Å². The number of nitrogen functional groups attached to an aromatic ring is 1. The van der Waals surface area contributed by atoms with Crippen molar-refractivity contribution in [1.82, 2.24) is 14.8 Å². The van der Waals surface area contributed by atoms with E-state index in [0.29, 0.717) is 11.3 Å². The van der Waals surface area contributed by atoms with Gasteiger partial charge >= 0.3 is 7.12 Å². The third-order valence-electron chi connectivity index (χ3n) is 4.26. The molecule has 0 unspecified atom stereocenters. The molecule has 3 rings (SSSR count). The molecule has 0 amide bonds. The molecular formula is C13H19BN4O2. The lowest BCUT2D eigenvalue weighted by Gasteiger charge is -2.32. The van der Waals surface area contributed by atoms with E-state index < -0.39 is 7.12 Å². The maximum absolute atomic E-state index is 6.02. The Morgan fingerprint density at radius 1 is 1.20 bits per heavy atom. The first-order valence-corrected chi connectivity index (χ1v) is 6.65. The van der Waals surface area contributed by atoms with Crippen LogP contribution in [0.2, 0.25) is 0 Å².